The lowest BCUT2D eigenvalue weighted by Gasteiger charge is -2.00. The minimum Gasteiger partial charge on any atom is -0.270 e. The van der Waals surface area contributed by atoms with Gasteiger partial charge in [-0.2, -0.15) is 8.42 Å². The highest BCUT2D eigenvalue weighted by Gasteiger charge is 2.07. The van der Waals surface area contributed by atoms with Crippen molar-refractivity contribution in [3.8, 4) is 0 Å². The number of hydrogen-bond acceptors (Lipinski definition) is 4. The van der Waals surface area contributed by atoms with Gasteiger partial charge in [-0.25, -0.2) is 0 Å². The van der Waals surface area contributed by atoms with Gasteiger partial charge in [0.2, 0.25) is 0 Å². The van der Waals surface area contributed by atoms with E-state index in [1.165, 1.54) is 0 Å². The van der Waals surface area contributed by atoms with Crippen molar-refractivity contribution in [3.05, 3.63) is 0 Å². The second-order valence-corrected chi connectivity index (χ2v) is 3.87. The van der Waals surface area contributed by atoms with E-state index in [0.29, 0.717) is 6.54 Å². The summed E-state index contributed by atoms with van der Waals surface area (Å²) in [6.07, 6.45) is 0. The summed E-state index contributed by atoms with van der Waals surface area (Å²) in [5, 5.41) is 0. The Labute approximate surface area is 69.4 Å². The number of hydrogen-bond donors (Lipinski definition) is 1. The first-order valence-electron chi connectivity index (χ1n) is 2.83. The predicted molar refractivity (Wildman–Crippen MR) is 42.3 cm³/mol. The van der Waals surface area contributed by atoms with Crippen molar-refractivity contribution in [2.45, 2.75) is 6.92 Å². The fraction of sp³-hybridized carbons (Fsp3) is 1.00. The van der Waals surface area contributed by atoms with Gasteiger partial charge in [0.05, 0.1) is 12.4 Å². The molecule has 0 radical (unpaired) electrons. The Bertz CT molecular complexity index is 167. The van der Waals surface area contributed by atoms with E-state index < -0.39 is 10.1 Å². The maximum absolute atomic E-state index is 10.7. The van der Waals surface area contributed by atoms with E-state index in [-0.39, 0.29) is 12.4 Å². The lowest BCUT2D eigenvalue weighted by atomic mass is 10.8. The molecule has 0 aliphatic rings. The zero-order chi connectivity index (χ0) is 8.04. The summed E-state index contributed by atoms with van der Waals surface area (Å²) in [6.45, 7) is 2.19. The molecule has 0 fully saturated rings. The first-order chi connectivity index (χ1) is 4.62. The van der Waals surface area contributed by atoms with Crippen molar-refractivity contribution < 1.29 is 12.6 Å². The molecule has 0 aliphatic heterocycles. The summed E-state index contributed by atoms with van der Waals surface area (Å²) in [7, 11) is -3.29. The minimum absolute atomic E-state index is 0.00785. The Morgan fingerprint density at radius 2 is 2.20 bits per heavy atom. The molecule has 0 aromatic heterocycles. The van der Waals surface area contributed by atoms with E-state index in [9.17, 15) is 8.42 Å². The van der Waals surface area contributed by atoms with E-state index in [2.05, 4.69) is 24.7 Å². The molecule has 0 atom stereocenters. The third-order valence-electron chi connectivity index (χ3n) is 0.744. The first kappa shape index (κ1) is 10.3. The molecule has 0 aromatic carbocycles. The van der Waals surface area contributed by atoms with Gasteiger partial charge in [-0.3, -0.25) is 8.53 Å². The average Bonchev–Trinajstić information content (AvgIpc) is 1.84. The van der Waals surface area contributed by atoms with Crippen LogP contribution in [0.2, 0.25) is 0 Å². The zero-order valence-electron chi connectivity index (χ0n) is 5.63. The molecule has 1 N–H and O–H groups in total. The topological polar surface area (TPSA) is 55.4 Å². The normalized spacial score (nSPS) is 11.8. The molecule has 0 bridgehead atoms. The fourth-order valence-electron chi connectivity index (χ4n) is 0.402. The van der Waals surface area contributed by atoms with Crippen molar-refractivity contribution in [2.75, 3.05) is 18.9 Å². The van der Waals surface area contributed by atoms with Gasteiger partial charge in [-0.05, 0) is 6.92 Å². The quantitative estimate of drug-likeness (QED) is 0.545. The third-order valence-corrected chi connectivity index (χ3v) is 2.44. The Balaban J connectivity index is 3.65. The molecule has 0 heterocycles. The average molecular weight is 232 g/mol. The number of rotatable bonds is 5. The van der Waals surface area contributed by atoms with Crippen molar-refractivity contribution in [1.29, 1.82) is 0 Å². The van der Waals surface area contributed by atoms with E-state index in [4.69, 9.17) is 0 Å². The Morgan fingerprint density at radius 1 is 1.60 bits per heavy atom. The lowest BCUT2D eigenvalue weighted by Crippen LogP contribution is -2.18. The highest BCUT2D eigenvalue weighted by molar-refractivity contribution is 9.08. The van der Waals surface area contributed by atoms with E-state index in [0.717, 1.165) is 0 Å². The van der Waals surface area contributed by atoms with Crippen LogP contribution in [0.5, 0.6) is 0 Å². The lowest BCUT2D eigenvalue weighted by molar-refractivity contribution is 0.338. The van der Waals surface area contributed by atoms with Crippen LogP contribution in [0, 0.1) is 0 Å². The third kappa shape index (κ3) is 5.16. The first-order valence-corrected chi connectivity index (χ1v) is 5.20. The Kier molecular flexibility index (Phi) is 5.24. The van der Waals surface area contributed by atoms with Crippen LogP contribution in [0.1, 0.15) is 6.92 Å². The number of halogens is 1. The molecule has 0 unspecified atom stereocenters. The molecule has 0 saturated heterocycles. The van der Waals surface area contributed by atoms with Crippen molar-refractivity contribution in [1.82, 2.24) is 4.34 Å². The molecule has 4 nitrogen and oxygen atoms in total. The molecule has 62 valence electrons. The van der Waals surface area contributed by atoms with Crippen LogP contribution in [0.25, 0.3) is 0 Å². The van der Waals surface area contributed by atoms with Crippen LogP contribution < -0.4 is 4.34 Å². The van der Waals surface area contributed by atoms with Gasteiger partial charge in [-0.1, -0.05) is 0 Å². The van der Waals surface area contributed by atoms with Gasteiger partial charge in [0.25, 0.3) is 10.1 Å². The maximum Gasteiger partial charge on any atom is 0.268 e. The van der Waals surface area contributed by atoms with Crippen LogP contribution in [-0.4, -0.2) is 27.3 Å². The summed E-state index contributed by atoms with van der Waals surface area (Å²) in [5.74, 6) is -0.00785. The highest BCUT2D eigenvalue weighted by Crippen LogP contribution is 1.91. The van der Waals surface area contributed by atoms with Crippen LogP contribution in [0.3, 0.4) is 0 Å². The van der Waals surface area contributed by atoms with Gasteiger partial charge in [0.15, 0.2) is 0 Å². The Morgan fingerprint density at radius 3 is 2.60 bits per heavy atom. The van der Waals surface area contributed by atoms with E-state index in [1.807, 2.05) is 0 Å². The smallest absolute Gasteiger partial charge is 0.268 e. The summed E-state index contributed by atoms with van der Waals surface area (Å²) in [4.78, 5) is 0. The SMILES string of the molecule is CCOS(=O)(=O)CCNBr. The van der Waals surface area contributed by atoms with Gasteiger partial charge in [0.1, 0.15) is 0 Å². The van der Waals surface area contributed by atoms with Crippen LogP contribution in [-0.2, 0) is 14.3 Å². The fourth-order valence-corrected chi connectivity index (χ4v) is 1.69. The van der Waals surface area contributed by atoms with Gasteiger partial charge < -0.3 is 0 Å². The second-order valence-electron chi connectivity index (χ2n) is 1.55. The molecule has 0 saturated carbocycles. The molecule has 0 aromatic rings. The predicted octanol–water partition coefficient (Wildman–Crippen LogP) is 0.252. The summed E-state index contributed by atoms with van der Waals surface area (Å²) >= 11 is 2.88. The monoisotopic (exact) mass is 231 g/mol. The molecule has 0 spiro atoms. The zero-order valence-corrected chi connectivity index (χ0v) is 8.03. The van der Waals surface area contributed by atoms with Crippen molar-refractivity contribution >= 4 is 26.3 Å². The Hall–Kier alpha value is 0.350. The standard InChI is InChI=1S/C4H10BrNO3S/c1-2-9-10(7,8)4-3-6-5/h6H,2-4H2,1H3. The number of nitrogens with one attached hydrogen (secondary N) is 1. The van der Waals surface area contributed by atoms with E-state index >= 15 is 0 Å². The van der Waals surface area contributed by atoms with Gasteiger partial charge in [-0.15, -0.1) is 0 Å². The highest BCUT2D eigenvalue weighted by atomic mass is 79.9. The molecule has 0 amide bonds. The van der Waals surface area contributed by atoms with Crippen LogP contribution in [0.4, 0.5) is 0 Å². The second kappa shape index (κ2) is 5.06. The van der Waals surface area contributed by atoms with Crippen molar-refractivity contribution in [2.24, 2.45) is 0 Å². The molecule has 10 heavy (non-hydrogen) atoms. The van der Waals surface area contributed by atoms with Crippen LogP contribution >= 0.6 is 16.1 Å². The molecule has 0 rings (SSSR count). The summed E-state index contributed by atoms with van der Waals surface area (Å²) in [6, 6.07) is 0. The van der Waals surface area contributed by atoms with Crippen molar-refractivity contribution in [3.63, 3.8) is 0 Å². The molecule has 0 aliphatic carbocycles. The summed E-state index contributed by atoms with van der Waals surface area (Å²) in [5.41, 5.74) is 0. The molecule has 6 heteroatoms. The van der Waals surface area contributed by atoms with Crippen LogP contribution in [0.15, 0.2) is 0 Å². The molecular formula is C4H10BrNO3S. The van der Waals surface area contributed by atoms with Gasteiger partial charge in [0, 0.05) is 22.7 Å². The maximum atomic E-state index is 10.7. The van der Waals surface area contributed by atoms with Gasteiger partial charge >= 0.3 is 0 Å². The largest absolute Gasteiger partial charge is 0.270 e. The molecular weight excluding hydrogens is 222 g/mol. The summed E-state index contributed by atoms with van der Waals surface area (Å²) < 4.78 is 28.4. The van der Waals surface area contributed by atoms with E-state index in [1.54, 1.807) is 6.92 Å². The minimum atomic E-state index is -3.29.